The lowest BCUT2D eigenvalue weighted by Gasteiger charge is -2.15. The van der Waals surface area contributed by atoms with Gasteiger partial charge in [-0.25, -0.2) is 9.78 Å². The smallest absolute Gasteiger partial charge is 0.356 e. The van der Waals surface area contributed by atoms with Gasteiger partial charge in [-0.3, -0.25) is 4.79 Å². The Kier molecular flexibility index (Phi) is 7.70. The van der Waals surface area contributed by atoms with Gasteiger partial charge in [0, 0.05) is 24.5 Å². The van der Waals surface area contributed by atoms with Crippen LogP contribution in [0.5, 0.6) is 0 Å². The molecule has 8 nitrogen and oxygen atoms in total. The number of fused-ring (bicyclic) bond motifs is 1. The van der Waals surface area contributed by atoms with Crippen molar-refractivity contribution in [2.45, 2.75) is 59.2 Å². The number of carbonyl (C=O) groups is 2. The number of nitrogens with zero attached hydrogens (tertiary/aromatic N) is 2. The Hall–Kier alpha value is -3.39. The van der Waals surface area contributed by atoms with E-state index in [2.05, 4.69) is 35.8 Å². The first-order valence-corrected chi connectivity index (χ1v) is 12.2. The predicted octanol–water partition coefficient (Wildman–Crippen LogP) is 4.91. The Morgan fingerprint density at radius 3 is 2.83 bits per heavy atom. The summed E-state index contributed by atoms with van der Waals surface area (Å²) in [6, 6.07) is 10.2. The highest BCUT2D eigenvalue weighted by atomic mass is 16.5. The van der Waals surface area contributed by atoms with Crippen LogP contribution in [0.3, 0.4) is 0 Å². The molecule has 1 aromatic carbocycles. The minimum atomic E-state index is -0.519. The second-order valence-corrected chi connectivity index (χ2v) is 9.20. The second kappa shape index (κ2) is 10.9. The van der Waals surface area contributed by atoms with E-state index < -0.39 is 5.97 Å². The fourth-order valence-corrected chi connectivity index (χ4v) is 4.38. The Labute approximate surface area is 206 Å². The molecule has 0 unspecified atom stereocenters. The molecule has 1 amide bonds. The Bertz CT molecular complexity index is 1210. The quantitative estimate of drug-likeness (QED) is 0.425. The maximum atomic E-state index is 13.0. The molecule has 1 aliphatic heterocycles. The van der Waals surface area contributed by atoms with Gasteiger partial charge in [-0.1, -0.05) is 43.7 Å². The molecule has 2 atom stereocenters. The van der Waals surface area contributed by atoms with Gasteiger partial charge in [0.15, 0.2) is 5.69 Å². The topological polar surface area (TPSA) is 94.5 Å². The molecule has 0 saturated carbocycles. The number of methoxy groups -OCH3 is 1. The zero-order valence-corrected chi connectivity index (χ0v) is 20.9. The molecule has 3 heterocycles. The summed E-state index contributed by atoms with van der Waals surface area (Å²) in [7, 11) is 1.35. The number of amides is 1. The van der Waals surface area contributed by atoms with E-state index in [-0.39, 0.29) is 23.6 Å². The summed E-state index contributed by atoms with van der Waals surface area (Å²) in [4.78, 5) is 30.6. The number of carbonyl (C=O) groups excluding carboxylic acids is 2. The monoisotopic (exact) mass is 478 g/mol. The zero-order valence-electron chi connectivity index (χ0n) is 20.9. The van der Waals surface area contributed by atoms with Crippen LogP contribution in [0, 0.1) is 12.8 Å². The molecule has 2 aromatic heterocycles. The van der Waals surface area contributed by atoms with Gasteiger partial charge in [-0.05, 0) is 37.8 Å². The molecule has 35 heavy (non-hydrogen) atoms. The highest BCUT2D eigenvalue weighted by Crippen LogP contribution is 2.34. The Morgan fingerprint density at radius 1 is 1.31 bits per heavy atom. The van der Waals surface area contributed by atoms with E-state index >= 15 is 0 Å². The van der Waals surface area contributed by atoms with Gasteiger partial charge in [0.2, 0.25) is 5.91 Å². The van der Waals surface area contributed by atoms with Crippen molar-refractivity contribution < 1.29 is 19.1 Å². The Morgan fingerprint density at radius 2 is 2.14 bits per heavy atom. The normalized spacial score (nSPS) is 16.3. The van der Waals surface area contributed by atoms with Crippen molar-refractivity contribution in [1.82, 2.24) is 9.55 Å². The summed E-state index contributed by atoms with van der Waals surface area (Å²) in [6.07, 6.45) is 4.31. The predicted molar refractivity (Wildman–Crippen MR) is 137 cm³/mol. The van der Waals surface area contributed by atoms with E-state index in [1.165, 1.54) is 12.7 Å². The summed E-state index contributed by atoms with van der Waals surface area (Å²) < 4.78 is 12.8. The van der Waals surface area contributed by atoms with E-state index in [0.29, 0.717) is 42.8 Å². The van der Waals surface area contributed by atoms with E-state index in [4.69, 9.17) is 14.5 Å². The average molecular weight is 479 g/mol. The molecular weight excluding hydrogens is 444 g/mol. The van der Waals surface area contributed by atoms with Crippen molar-refractivity contribution in [2.24, 2.45) is 5.92 Å². The van der Waals surface area contributed by atoms with Crippen LogP contribution in [0.25, 0.3) is 11.0 Å². The van der Waals surface area contributed by atoms with Crippen LogP contribution in [0.2, 0.25) is 0 Å². The fourth-order valence-electron chi connectivity index (χ4n) is 4.38. The van der Waals surface area contributed by atoms with Crippen molar-refractivity contribution in [3.8, 4) is 0 Å². The second-order valence-electron chi connectivity index (χ2n) is 9.20. The average Bonchev–Trinajstić information content (AvgIpc) is 3.48. The van der Waals surface area contributed by atoms with Crippen molar-refractivity contribution in [3.63, 3.8) is 0 Å². The number of ether oxygens (including phenoxy) is 2. The van der Waals surface area contributed by atoms with Crippen LogP contribution < -0.4 is 10.6 Å². The molecule has 0 aliphatic carbocycles. The van der Waals surface area contributed by atoms with Gasteiger partial charge in [0.05, 0.1) is 37.3 Å². The molecule has 1 aliphatic rings. The number of aryl methyl sites for hydroxylation is 1. The van der Waals surface area contributed by atoms with Crippen LogP contribution in [0.1, 0.15) is 54.7 Å². The molecule has 4 rings (SSSR count). The molecule has 3 aromatic rings. The van der Waals surface area contributed by atoms with Crippen LogP contribution in [0.15, 0.2) is 36.5 Å². The van der Waals surface area contributed by atoms with Gasteiger partial charge >= 0.3 is 5.97 Å². The molecular formula is C27H34N4O4. The van der Waals surface area contributed by atoms with Gasteiger partial charge in [-0.15, -0.1) is 0 Å². The number of aromatic nitrogens is 2. The molecule has 1 saturated heterocycles. The van der Waals surface area contributed by atoms with E-state index in [9.17, 15) is 9.59 Å². The number of anilines is 2. The largest absolute Gasteiger partial charge is 0.464 e. The summed E-state index contributed by atoms with van der Waals surface area (Å²) in [5, 5.41) is 7.11. The maximum Gasteiger partial charge on any atom is 0.356 e. The van der Waals surface area contributed by atoms with E-state index in [1.54, 1.807) is 6.20 Å². The molecule has 8 heteroatoms. The van der Waals surface area contributed by atoms with Gasteiger partial charge in [0.25, 0.3) is 0 Å². The van der Waals surface area contributed by atoms with Crippen molar-refractivity contribution in [2.75, 3.05) is 24.4 Å². The third-order valence-electron chi connectivity index (χ3n) is 6.57. The number of hydrogen-bond donors (Lipinski definition) is 2. The molecule has 0 bridgehead atoms. The van der Waals surface area contributed by atoms with Crippen molar-refractivity contribution in [1.29, 1.82) is 0 Å². The first-order chi connectivity index (χ1) is 16.9. The molecule has 0 radical (unpaired) electrons. The van der Waals surface area contributed by atoms with Crippen molar-refractivity contribution in [3.05, 3.63) is 53.3 Å². The number of benzene rings is 1. The van der Waals surface area contributed by atoms with Crippen LogP contribution in [0.4, 0.5) is 11.4 Å². The summed E-state index contributed by atoms with van der Waals surface area (Å²) in [5.74, 6) is -0.866. The third-order valence-corrected chi connectivity index (χ3v) is 6.57. The molecule has 186 valence electrons. The minimum absolute atomic E-state index is 0.0203. The van der Waals surface area contributed by atoms with Gasteiger partial charge in [-0.2, -0.15) is 0 Å². The fraction of sp³-hybridized carbons (Fsp3) is 0.444. The highest BCUT2D eigenvalue weighted by Gasteiger charge is 2.29. The standard InChI is InChI=1S/C27H34N4O4/c1-5-18(3)26(32)30-23-22-13-20(28-14-19-9-6-8-17(2)12-19)15-29-25(22)31(24(23)27(33)34-4)16-21-10-7-11-35-21/h6,8-9,12-13,15,18,21,28H,5,7,10-11,14,16H2,1-4H3,(H,30,32)/t18-,21-/m0/s1. The number of pyridine rings is 1. The van der Waals surface area contributed by atoms with Crippen LogP contribution in [-0.4, -0.2) is 41.2 Å². The molecule has 2 N–H and O–H groups in total. The van der Waals surface area contributed by atoms with E-state index in [1.807, 2.05) is 30.5 Å². The number of esters is 1. The maximum absolute atomic E-state index is 13.0. The highest BCUT2D eigenvalue weighted by molar-refractivity contribution is 6.11. The summed E-state index contributed by atoms with van der Waals surface area (Å²) in [5.41, 5.74) is 4.48. The zero-order chi connectivity index (χ0) is 24.9. The van der Waals surface area contributed by atoms with Gasteiger partial charge in [0.1, 0.15) is 5.65 Å². The van der Waals surface area contributed by atoms with Crippen LogP contribution >= 0.6 is 0 Å². The van der Waals surface area contributed by atoms with E-state index in [0.717, 1.165) is 24.1 Å². The molecule has 1 fully saturated rings. The Balaban J connectivity index is 1.77. The SMILES string of the molecule is CC[C@H](C)C(=O)Nc1c(C(=O)OC)n(C[C@@H]2CCCO2)c2ncc(NCc3cccc(C)c3)cc12. The third kappa shape index (κ3) is 5.48. The summed E-state index contributed by atoms with van der Waals surface area (Å²) in [6.45, 7) is 7.68. The lowest BCUT2D eigenvalue weighted by molar-refractivity contribution is -0.119. The molecule has 0 spiro atoms. The van der Waals surface area contributed by atoms with Gasteiger partial charge < -0.3 is 24.7 Å². The first kappa shape index (κ1) is 24.7. The van der Waals surface area contributed by atoms with Crippen molar-refractivity contribution >= 4 is 34.3 Å². The summed E-state index contributed by atoms with van der Waals surface area (Å²) >= 11 is 0. The lowest BCUT2D eigenvalue weighted by atomic mass is 10.1. The first-order valence-electron chi connectivity index (χ1n) is 12.2. The lowest BCUT2D eigenvalue weighted by Crippen LogP contribution is -2.23. The number of rotatable bonds is 9. The van der Waals surface area contributed by atoms with Crippen LogP contribution in [-0.2, 0) is 27.4 Å². The number of hydrogen-bond acceptors (Lipinski definition) is 6. The number of nitrogens with one attached hydrogen (secondary N) is 2. The minimum Gasteiger partial charge on any atom is -0.464 e.